The van der Waals surface area contributed by atoms with Crippen molar-refractivity contribution in [3.8, 4) is 5.75 Å². The Labute approximate surface area is 177 Å². The van der Waals surface area contributed by atoms with Crippen molar-refractivity contribution < 1.29 is 13.8 Å². The number of nitrogens with zero attached hydrogens (tertiary/aromatic N) is 2. The molecule has 0 saturated carbocycles. The Bertz CT molecular complexity index is 825. The second-order valence-electron chi connectivity index (χ2n) is 7.05. The average molecular weight is 445 g/mol. The summed E-state index contributed by atoms with van der Waals surface area (Å²) in [7, 11) is -3.19. The minimum atomic E-state index is -3.19. The molecule has 0 amide bonds. The molecule has 0 aliphatic carbocycles. The third kappa shape index (κ3) is 4.67. The predicted molar refractivity (Wildman–Crippen MR) is 117 cm³/mol. The van der Waals surface area contributed by atoms with Crippen LogP contribution in [-0.2, 0) is 9.09 Å². The van der Waals surface area contributed by atoms with Gasteiger partial charge in [-0.2, -0.15) is 0 Å². The third-order valence-corrected chi connectivity index (χ3v) is 8.12. The molecule has 2 atom stereocenters. The van der Waals surface area contributed by atoms with Gasteiger partial charge in [0.05, 0.1) is 0 Å². The first kappa shape index (κ1) is 21.9. The van der Waals surface area contributed by atoms with Gasteiger partial charge in [-0.05, 0) is 25.3 Å². The van der Waals surface area contributed by atoms with Crippen LogP contribution < -0.4 is 4.74 Å². The SMILES string of the molecule is CC(C)N1C[C@H](COc2cccc3ccccc23)O[P@]1(=O)N(CCCl)CCCl. The van der Waals surface area contributed by atoms with E-state index in [9.17, 15) is 4.57 Å². The lowest BCUT2D eigenvalue weighted by atomic mass is 10.1. The summed E-state index contributed by atoms with van der Waals surface area (Å²) < 4.78 is 29.6. The van der Waals surface area contributed by atoms with E-state index in [1.54, 1.807) is 4.67 Å². The van der Waals surface area contributed by atoms with Crippen molar-refractivity contribution in [2.75, 3.05) is 38.0 Å². The Balaban J connectivity index is 1.75. The fourth-order valence-corrected chi connectivity index (χ4v) is 6.90. The predicted octanol–water partition coefficient (Wildman–Crippen LogP) is 5.22. The van der Waals surface area contributed by atoms with Crippen LogP contribution in [0.4, 0.5) is 0 Å². The first-order chi connectivity index (χ1) is 13.5. The van der Waals surface area contributed by atoms with Crippen molar-refractivity contribution in [3.63, 3.8) is 0 Å². The van der Waals surface area contributed by atoms with Crippen molar-refractivity contribution >= 4 is 41.6 Å². The molecule has 0 spiro atoms. The van der Waals surface area contributed by atoms with Crippen LogP contribution in [0.2, 0.25) is 0 Å². The normalized spacial score (nSPS) is 23.1. The molecule has 0 bridgehead atoms. The van der Waals surface area contributed by atoms with E-state index in [1.807, 2.05) is 48.8 Å². The molecule has 1 fully saturated rings. The number of rotatable bonds is 9. The molecule has 1 saturated heterocycles. The summed E-state index contributed by atoms with van der Waals surface area (Å²) >= 11 is 11.9. The molecule has 0 aromatic heterocycles. The summed E-state index contributed by atoms with van der Waals surface area (Å²) in [4.78, 5) is 0. The Morgan fingerprint density at radius 2 is 1.86 bits per heavy atom. The lowest BCUT2D eigenvalue weighted by Gasteiger charge is -2.34. The van der Waals surface area contributed by atoms with E-state index in [0.29, 0.717) is 38.0 Å². The Kier molecular flexibility index (Phi) is 7.66. The summed E-state index contributed by atoms with van der Waals surface area (Å²) in [5.41, 5.74) is 0. The lowest BCUT2D eigenvalue weighted by molar-refractivity contribution is 0.146. The van der Waals surface area contributed by atoms with Crippen LogP contribution in [-0.4, -0.2) is 59.5 Å². The van der Waals surface area contributed by atoms with Gasteiger partial charge in [0.2, 0.25) is 0 Å². The number of fused-ring (bicyclic) bond motifs is 1. The fourth-order valence-electron chi connectivity index (χ4n) is 3.48. The zero-order valence-corrected chi connectivity index (χ0v) is 18.7. The maximum Gasteiger partial charge on any atom is 0.346 e. The van der Waals surface area contributed by atoms with E-state index in [-0.39, 0.29) is 12.1 Å². The van der Waals surface area contributed by atoms with Crippen LogP contribution in [0.3, 0.4) is 0 Å². The van der Waals surface area contributed by atoms with Crippen molar-refractivity contribution in [1.82, 2.24) is 9.34 Å². The van der Waals surface area contributed by atoms with Crippen LogP contribution in [0.5, 0.6) is 5.75 Å². The molecule has 1 aliphatic rings. The van der Waals surface area contributed by atoms with E-state index in [1.165, 1.54) is 0 Å². The third-order valence-electron chi connectivity index (χ3n) is 4.81. The fraction of sp³-hybridized carbons (Fsp3) is 0.500. The molecular formula is C20H27Cl2N2O3P. The average Bonchev–Trinajstić information content (AvgIpc) is 3.04. The number of ether oxygens (including phenoxy) is 1. The van der Waals surface area contributed by atoms with E-state index >= 15 is 0 Å². The second-order valence-corrected chi connectivity index (χ2v) is 10.1. The Morgan fingerprint density at radius 3 is 2.54 bits per heavy atom. The van der Waals surface area contributed by atoms with Gasteiger partial charge >= 0.3 is 7.67 Å². The van der Waals surface area contributed by atoms with Gasteiger partial charge < -0.3 is 4.74 Å². The molecule has 3 rings (SSSR count). The summed E-state index contributed by atoms with van der Waals surface area (Å²) in [5, 5.41) is 2.18. The quantitative estimate of drug-likeness (QED) is 0.391. The first-order valence-electron chi connectivity index (χ1n) is 9.53. The topological polar surface area (TPSA) is 42.0 Å². The van der Waals surface area contributed by atoms with E-state index in [0.717, 1.165) is 16.5 Å². The molecule has 154 valence electrons. The zero-order valence-electron chi connectivity index (χ0n) is 16.3. The minimum Gasteiger partial charge on any atom is -0.490 e. The Hall–Kier alpha value is -0.810. The highest BCUT2D eigenvalue weighted by Gasteiger charge is 2.48. The Morgan fingerprint density at radius 1 is 1.18 bits per heavy atom. The largest absolute Gasteiger partial charge is 0.490 e. The highest BCUT2D eigenvalue weighted by atomic mass is 35.5. The molecule has 2 aromatic carbocycles. The van der Waals surface area contributed by atoms with Crippen molar-refractivity contribution in [3.05, 3.63) is 42.5 Å². The van der Waals surface area contributed by atoms with E-state index in [4.69, 9.17) is 32.5 Å². The first-order valence-corrected chi connectivity index (χ1v) is 12.1. The maximum absolute atomic E-state index is 13.8. The van der Waals surface area contributed by atoms with E-state index < -0.39 is 7.67 Å². The molecule has 1 heterocycles. The molecule has 0 N–H and O–H groups in total. The number of halogens is 2. The molecule has 0 unspecified atom stereocenters. The lowest BCUT2D eigenvalue weighted by Crippen LogP contribution is -2.35. The maximum atomic E-state index is 13.8. The summed E-state index contributed by atoms with van der Waals surface area (Å²) in [6.45, 7) is 5.84. The van der Waals surface area contributed by atoms with Crippen molar-refractivity contribution in [2.24, 2.45) is 0 Å². The number of alkyl halides is 2. The highest BCUT2D eigenvalue weighted by Crippen LogP contribution is 2.60. The van der Waals surface area contributed by atoms with Crippen molar-refractivity contribution in [2.45, 2.75) is 26.0 Å². The molecule has 8 heteroatoms. The molecule has 28 heavy (non-hydrogen) atoms. The van der Waals surface area contributed by atoms with Crippen LogP contribution in [0, 0.1) is 0 Å². The van der Waals surface area contributed by atoms with Gasteiger partial charge in [-0.15, -0.1) is 23.2 Å². The van der Waals surface area contributed by atoms with Crippen LogP contribution >= 0.6 is 30.9 Å². The summed E-state index contributed by atoms with van der Waals surface area (Å²) in [5.74, 6) is 1.54. The van der Waals surface area contributed by atoms with Gasteiger partial charge in [0.15, 0.2) is 0 Å². The zero-order chi connectivity index (χ0) is 20.1. The number of hydrogen-bond donors (Lipinski definition) is 0. The highest BCUT2D eigenvalue weighted by molar-refractivity contribution is 7.54. The number of benzene rings is 2. The minimum absolute atomic E-state index is 0.0709. The number of hydrogen-bond acceptors (Lipinski definition) is 3. The monoisotopic (exact) mass is 444 g/mol. The van der Waals surface area contributed by atoms with Gasteiger partial charge in [-0.3, -0.25) is 9.09 Å². The van der Waals surface area contributed by atoms with Gasteiger partial charge in [0, 0.05) is 42.8 Å². The molecular weight excluding hydrogens is 418 g/mol. The molecule has 5 nitrogen and oxygen atoms in total. The van der Waals surface area contributed by atoms with Gasteiger partial charge in [-0.25, -0.2) is 9.34 Å². The standard InChI is InChI=1S/C20H27Cl2N2O3P/c1-16(2)24-14-18(27-28(24,25)23(12-10-21)13-11-22)15-26-20-9-5-7-17-6-3-4-8-19(17)20/h3-9,16,18H,10-15H2,1-2H3/t18-,28-/m1/s1. The van der Waals surface area contributed by atoms with Gasteiger partial charge in [0.1, 0.15) is 18.5 Å². The van der Waals surface area contributed by atoms with Gasteiger partial charge in [0.25, 0.3) is 0 Å². The molecule has 2 aromatic rings. The molecule has 1 aliphatic heterocycles. The van der Waals surface area contributed by atoms with E-state index in [2.05, 4.69) is 12.1 Å². The summed E-state index contributed by atoms with van der Waals surface area (Å²) in [6, 6.07) is 14.1. The van der Waals surface area contributed by atoms with Crippen LogP contribution in [0.1, 0.15) is 13.8 Å². The van der Waals surface area contributed by atoms with Crippen molar-refractivity contribution in [1.29, 1.82) is 0 Å². The molecule has 0 radical (unpaired) electrons. The second kappa shape index (κ2) is 9.80. The van der Waals surface area contributed by atoms with Crippen LogP contribution in [0.25, 0.3) is 10.8 Å². The summed E-state index contributed by atoms with van der Waals surface area (Å²) in [6.07, 6.45) is -0.291. The smallest absolute Gasteiger partial charge is 0.346 e. The van der Waals surface area contributed by atoms with Crippen LogP contribution in [0.15, 0.2) is 42.5 Å². The van der Waals surface area contributed by atoms with Gasteiger partial charge in [-0.1, -0.05) is 36.4 Å².